The predicted molar refractivity (Wildman–Crippen MR) is 196 cm³/mol. The third kappa shape index (κ3) is 12.6. The van der Waals surface area contributed by atoms with E-state index in [1.54, 1.807) is 76.2 Å². The molecule has 15 nitrogen and oxygen atoms in total. The highest BCUT2D eigenvalue weighted by molar-refractivity contribution is 6.38. The Morgan fingerprint density at radius 2 is 1.61 bits per heavy atom. The first-order valence-electron chi connectivity index (χ1n) is 18.4. The molecule has 54 heavy (non-hydrogen) atoms. The standard InChI is InChI=1S/C39H51N5O10/c1-5-10-28(33(47)37(51)40-22-31(45)46)41-34(48)29-21-24-11-9-14-27(19-24)53-26-17-15-23(16-18-26)20-30(43-38(52)54-39(2,3)4)35(49)44-32(36(50)42-29)25-12-7-6-8-13-25/h9,11,14-19,25,28-30,32H,5-8,10,12-13,20-22H2,1-4H3,(H,40,51)(H,41,48)(H,42,50)(H,43,52)(H,44,49)(H,45,46)/t28?,29-,30-,32+/m0/s1. The van der Waals surface area contributed by atoms with Crippen LogP contribution >= 0.6 is 0 Å². The Morgan fingerprint density at radius 3 is 2.26 bits per heavy atom. The van der Waals surface area contributed by atoms with Gasteiger partial charge in [-0.2, -0.15) is 0 Å². The molecule has 5 rings (SSSR count). The van der Waals surface area contributed by atoms with Gasteiger partial charge in [0.1, 0.15) is 41.8 Å². The minimum absolute atomic E-state index is 0.0554. The fraction of sp³-hybridized carbons (Fsp3) is 0.513. The molecule has 1 unspecified atom stereocenters. The number of ether oxygens (including phenoxy) is 2. The van der Waals surface area contributed by atoms with E-state index in [0.29, 0.717) is 41.9 Å². The molecule has 0 spiro atoms. The Kier molecular flexibility index (Phi) is 14.6. The molecule has 0 radical (unpaired) electrons. The van der Waals surface area contributed by atoms with Gasteiger partial charge in [0.15, 0.2) is 0 Å². The number of aliphatic carboxylic acids is 1. The molecule has 3 aliphatic rings. The highest BCUT2D eigenvalue weighted by Gasteiger charge is 2.37. The van der Waals surface area contributed by atoms with Gasteiger partial charge in [0.25, 0.3) is 5.91 Å². The van der Waals surface area contributed by atoms with E-state index in [2.05, 4.69) is 21.3 Å². The summed E-state index contributed by atoms with van der Waals surface area (Å²) in [4.78, 5) is 91.9. The SMILES string of the molecule is CCCC(NC(=O)[C@@H]1Cc2cccc(c2)Oc2ccc(cc2)C[C@H](NC(=O)OC(C)(C)C)C(=O)N[C@H](C2CCCCC2)C(=O)N1)C(=O)C(=O)NCC(=O)O. The number of Topliss-reactive ketones (excluding diaryl/α,β-unsaturated/α-hetero) is 1. The average Bonchev–Trinajstić information content (AvgIpc) is 3.11. The van der Waals surface area contributed by atoms with Crippen LogP contribution in [0.25, 0.3) is 0 Å². The molecule has 1 fully saturated rings. The van der Waals surface area contributed by atoms with Gasteiger partial charge in [-0.15, -0.1) is 0 Å². The van der Waals surface area contributed by atoms with Gasteiger partial charge in [0.2, 0.25) is 23.5 Å². The Hall–Kier alpha value is -5.47. The van der Waals surface area contributed by atoms with Crippen molar-refractivity contribution in [1.29, 1.82) is 0 Å². The molecule has 292 valence electrons. The number of alkyl carbamates (subject to hydrolysis) is 1. The number of carbonyl (C=O) groups excluding carboxylic acids is 6. The van der Waals surface area contributed by atoms with Crippen molar-refractivity contribution >= 4 is 41.5 Å². The summed E-state index contributed by atoms with van der Waals surface area (Å²) in [6.07, 6.45) is 3.57. The Balaban J connectivity index is 1.72. The highest BCUT2D eigenvalue weighted by Crippen LogP contribution is 2.28. The van der Waals surface area contributed by atoms with Crippen LogP contribution in [0, 0.1) is 5.92 Å². The van der Waals surface area contributed by atoms with Crippen LogP contribution in [-0.2, 0) is 46.3 Å². The van der Waals surface area contributed by atoms with Crippen molar-refractivity contribution in [2.45, 2.75) is 115 Å². The molecule has 6 N–H and O–H groups in total. The van der Waals surface area contributed by atoms with E-state index < -0.39 is 77.8 Å². The molecule has 0 aromatic heterocycles. The smallest absolute Gasteiger partial charge is 0.408 e. The van der Waals surface area contributed by atoms with Crippen molar-refractivity contribution in [3.63, 3.8) is 0 Å². The lowest BCUT2D eigenvalue weighted by Gasteiger charge is -2.33. The lowest BCUT2D eigenvalue weighted by molar-refractivity contribution is -0.143. The summed E-state index contributed by atoms with van der Waals surface area (Å²) in [6.45, 7) is 6.08. The van der Waals surface area contributed by atoms with Crippen LogP contribution < -0.4 is 31.3 Å². The van der Waals surface area contributed by atoms with Crippen molar-refractivity contribution in [2.24, 2.45) is 5.92 Å². The number of fused-ring (bicyclic) bond motifs is 10. The summed E-state index contributed by atoms with van der Waals surface area (Å²) in [7, 11) is 0. The molecule has 2 aromatic rings. The molecule has 1 aliphatic carbocycles. The molecule has 4 bridgehead atoms. The molecule has 2 aromatic carbocycles. The fourth-order valence-corrected chi connectivity index (χ4v) is 6.52. The van der Waals surface area contributed by atoms with E-state index in [0.717, 1.165) is 19.3 Å². The fourth-order valence-electron chi connectivity index (χ4n) is 6.52. The van der Waals surface area contributed by atoms with Crippen LogP contribution in [0.5, 0.6) is 11.5 Å². The molecule has 4 atom stereocenters. The normalized spacial score (nSPS) is 20.2. The number of amides is 5. The van der Waals surface area contributed by atoms with Gasteiger partial charge in [-0.05, 0) is 81.3 Å². The summed E-state index contributed by atoms with van der Waals surface area (Å²) in [6, 6.07) is 9.13. The summed E-state index contributed by atoms with van der Waals surface area (Å²) >= 11 is 0. The van der Waals surface area contributed by atoms with Gasteiger partial charge < -0.3 is 41.2 Å². The second-order valence-corrected chi connectivity index (χ2v) is 14.7. The molecular weight excluding hydrogens is 698 g/mol. The molecule has 1 saturated carbocycles. The van der Waals surface area contributed by atoms with Gasteiger partial charge in [-0.25, -0.2) is 4.79 Å². The van der Waals surface area contributed by atoms with Crippen LogP contribution in [0.1, 0.15) is 83.8 Å². The zero-order valence-electron chi connectivity index (χ0n) is 31.2. The maximum absolute atomic E-state index is 14.3. The summed E-state index contributed by atoms with van der Waals surface area (Å²) in [5.41, 5.74) is 0.474. The molecule has 5 amide bonds. The van der Waals surface area contributed by atoms with Crippen molar-refractivity contribution in [3.05, 3.63) is 59.7 Å². The minimum atomic E-state index is -1.34. The number of carboxylic acid groups (broad SMARTS) is 1. The molecule has 2 aliphatic heterocycles. The second-order valence-electron chi connectivity index (χ2n) is 14.7. The van der Waals surface area contributed by atoms with Crippen molar-refractivity contribution in [1.82, 2.24) is 26.6 Å². The van der Waals surface area contributed by atoms with Crippen LogP contribution in [-0.4, -0.2) is 82.9 Å². The van der Waals surface area contributed by atoms with E-state index in [1.807, 2.05) is 5.32 Å². The lowest BCUT2D eigenvalue weighted by Crippen LogP contribution is -2.60. The Morgan fingerprint density at radius 1 is 0.907 bits per heavy atom. The van der Waals surface area contributed by atoms with Crippen LogP contribution in [0.15, 0.2) is 48.5 Å². The maximum atomic E-state index is 14.3. The first kappa shape index (κ1) is 41.3. The Bertz CT molecular complexity index is 1680. The summed E-state index contributed by atoms with van der Waals surface area (Å²) in [5.74, 6) is -4.90. The summed E-state index contributed by atoms with van der Waals surface area (Å²) < 4.78 is 11.5. The van der Waals surface area contributed by atoms with E-state index in [9.17, 15) is 33.6 Å². The topological polar surface area (TPSA) is 218 Å². The monoisotopic (exact) mass is 749 g/mol. The second kappa shape index (κ2) is 19.0. The first-order valence-corrected chi connectivity index (χ1v) is 18.4. The number of hydrogen-bond donors (Lipinski definition) is 6. The van der Waals surface area contributed by atoms with E-state index in [1.165, 1.54) is 0 Å². The van der Waals surface area contributed by atoms with Gasteiger partial charge in [-0.1, -0.05) is 56.9 Å². The van der Waals surface area contributed by atoms with Gasteiger partial charge in [0.05, 0.1) is 6.04 Å². The van der Waals surface area contributed by atoms with Crippen LogP contribution in [0.4, 0.5) is 4.79 Å². The minimum Gasteiger partial charge on any atom is -0.480 e. The summed E-state index contributed by atoms with van der Waals surface area (Å²) in [5, 5.41) is 21.9. The van der Waals surface area contributed by atoms with Gasteiger partial charge in [-0.3, -0.25) is 28.8 Å². The number of carboxylic acids is 1. The van der Waals surface area contributed by atoms with E-state index >= 15 is 0 Å². The first-order chi connectivity index (χ1) is 25.6. The zero-order valence-corrected chi connectivity index (χ0v) is 31.2. The molecular formula is C39H51N5O10. The van der Waals surface area contributed by atoms with Gasteiger partial charge >= 0.3 is 12.1 Å². The largest absolute Gasteiger partial charge is 0.480 e. The Labute approximate surface area is 314 Å². The predicted octanol–water partition coefficient (Wildman–Crippen LogP) is 3.08. The number of carbonyl (C=O) groups is 7. The van der Waals surface area contributed by atoms with Crippen molar-refractivity contribution in [2.75, 3.05) is 6.54 Å². The van der Waals surface area contributed by atoms with Crippen molar-refractivity contribution in [3.8, 4) is 11.5 Å². The third-order valence-electron chi connectivity index (χ3n) is 9.11. The van der Waals surface area contributed by atoms with Crippen LogP contribution in [0.3, 0.4) is 0 Å². The number of ketones is 1. The molecule has 15 heteroatoms. The van der Waals surface area contributed by atoms with E-state index in [4.69, 9.17) is 14.6 Å². The molecule has 2 heterocycles. The number of rotatable bonds is 10. The van der Waals surface area contributed by atoms with E-state index in [-0.39, 0.29) is 25.2 Å². The highest BCUT2D eigenvalue weighted by atomic mass is 16.6. The number of benzene rings is 2. The quantitative estimate of drug-likeness (QED) is 0.195. The van der Waals surface area contributed by atoms with Crippen molar-refractivity contribution < 1.29 is 48.1 Å². The van der Waals surface area contributed by atoms with Gasteiger partial charge in [0, 0.05) is 12.8 Å². The zero-order chi connectivity index (χ0) is 39.4. The number of hydrogen-bond acceptors (Lipinski definition) is 9. The third-order valence-corrected chi connectivity index (χ3v) is 9.11. The molecule has 0 saturated heterocycles. The number of nitrogens with one attached hydrogen (secondary N) is 5. The maximum Gasteiger partial charge on any atom is 0.408 e. The lowest BCUT2D eigenvalue weighted by atomic mass is 9.83. The average molecular weight is 750 g/mol. The van der Waals surface area contributed by atoms with Crippen LogP contribution in [0.2, 0.25) is 0 Å².